The van der Waals surface area contributed by atoms with Crippen molar-refractivity contribution < 1.29 is 0 Å². The highest BCUT2D eigenvalue weighted by Crippen LogP contribution is 1.93. The van der Waals surface area contributed by atoms with E-state index in [2.05, 4.69) is 22.2 Å². The third-order valence-corrected chi connectivity index (χ3v) is 1.85. The van der Waals surface area contributed by atoms with E-state index in [1.807, 2.05) is 0 Å². The third-order valence-electron chi connectivity index (χ3n) is 1.85. The summed E-state index contributed by atoms with van der Waals surface area (Å²) in [7, 11) is 0. The Balaban J connectivity index is 2.27. The molecule has 0 saturated carbocycles. The van der Waals surface area contributed by atoms with Crippen molar-refractivity contribution in [2.24, 2.45) is 5.73 Å². The highest BCUT2D eigenvalue weighted by Gasteiger charge is 1.99. The number of hydrogen-bond acceptors (Lipinski definition) is 4. The molecule has 0 bridgehead atoms. The first-order chi connectivity index (χ1) is 6.33. The van der Waals surface area contributed by atoms with Gasteiger partial charge in [-0.3, -0.25) is 9.97 Å². The lowest BCUT2D eigenvalue weighted by molar-refractivity contribution is 0.514. The maximum atomic E-state index is 5.43. The largest absolute Gasteiger partial charge is 0.330 e. The van der Waals surface area contributed by atoms with E-state index in [1.54, 1.807) is 18.6 Å². The molecule has 1 rings (SSSR count). The Morgan fingerprint density at radius 1 is 1.54 bits per heavy atom. The highest BCUT2D eigenvalue weighted by atomic mass is 14.9. The summed E-state index contributed by atoms with van der Waals surface area (Å²) in [6.07, 6.45) is 6.12. The normalized spacial score (nSPS) is 12.8. The van der Waals surface area contributed by atoms with Crippen molar-refractivity contribution in [2.45, 2.75) is 25.9 Å². The molecule has 0 aliphatic rings. The smallest absolute Gasteiger partial charge is 0.0724 e. The molecule has 72 valence electrons. The quantitative estimate of drug-likeness (QED) is 0.684. The van der Waals surface area contributed by atoms with Crippen LogP contribution in [0.5, 0.6) is 0 Å². The first-order valence-corrected chi connectivity index (χ1v) is 4.51. The molecule has 1 heterocycles. The summed E-state index contributed by atoms with van der Waals surface area (Å²) < 4.78 is 0. The maximum Gasteiger partial charge on any atom is 0.0724 e. The van der Waals surface area contributed by atoms with E-state index in [-0.39, 0.29) is 0 Å². The zero-order valence-corrected chi connectivity index (χ0v) is 7.90. The Morgan fingerprint density at radius 2 is 2.38 bits per heavy atom. The van der Waals surface area contributed by atoms with Gasteiger partial charge in [0.05, 0.1) is 5.69 Å². The maximum absolute atomic E-state index is 5.43. The summed E-state index contributed by atoms with van der Waals surface area (Å²) in [5.74, 6) is 0. The van der Waals surface area contributed by atoms with Crippen LogP contribution < -0.4 is 11.1 Å². The van der Waals surface area contributed by atoms with Gasteiger partial charge in [-0.05, 0) is 19.9 Å². The standard InChI is InChI=1S/C9H16N4/c1-8(2-3-10)13-7-9-6-11-4-5-12-9/h4-6,8,13H,2-3,7,10H2,1H3. The van der Waals surface area contributed by atoms with E-state index in [0.717, 1.165) is 18.7 Å². The van der Waals surface area contributed by atoms with E-state index >= 15 is 0 Å². The van der Waals surface area contributed by atoms with Crippen LogP contribution in [-0.2, 0) is 6.54 Å². The van der Waals surface area contributed by atoms with E-state index in [0.29, 0.717) is 12.6 Å². The van der Waals surface area contributed by atoms with E-state index < -0.39 is 0 Å². The van der Waals surface area contributed by atoms with Crippen LogP contribution in [0.15, 0.2) is 18.6 Å². The molecule has 3 N–H and O–H groups in total. The number of nitrogens with zero attached hydrogens (tertiary/aromatic N) is 2. The molecule has 4 nitrogen and oxygen atoms in total. The van der Waals surface area contributed by atoms with E-state index in [9.17, 15) is 0 Å². The van der Waals surface area contributed by atoms with Crippen LogP contribution in [0.1, 0.15) is 19.0 Å². The molecule has 0 fully saturated rings. The molecule has 0 radical (unpaired) electrons. The summed E-state index contributed by atoms with van der Waals surface area (Å²) in [6.45, 7) is 3.59. The Kier molecular flexibility index (Phi) is 4.35. The Morgan fingerprint density at radius 3 is 3.00 bits per heavy atom. The molecular formula is C9H16N4. The molecule has 13 heavy (non-hydrogen) atoms. The number of nitrogens with two attached hydrogens (primary N) is 1. The fourth-order valence-electron chi connectivity index (χ4n) is 1.05. The molecule has 0 aliphatic carbocycles. The summed E-state index contributed by atoms with van der Waals surface area (Å²) in [5, 5.41) is 3.32. The van der Waals surface area contributed by atoms with Crippen LogP contribution in [0.3, 0.4) is 0 Å². The average Bonchev–Trinajstić information content (AvgIpc) is 2.17. The van der Waals surface area contributed by atoms with Gasteiger partial charge in [-0.15, -0.1) is 0 Å². The number of hydrogen-bond donors (Lipinski definition) is 2. The van der Waals surface area contributed by atoms with Crippen LogP contribution in [0, 0.1) is 0 Å². The lowest BCUT2D eigenvalue weighted by Crippen LogP contribution is -2.28. The second-order valence-corrected chi connectivity index (χ2v) is 3.06. The fraction of sp³-hybridized carbons (Fsp3) is 0.556. The second-order valence-electron chi connectivity index (χ2n) is 3.06. The van der Waals surface area contributed by atoms with Gasteiger partial charge in [-0.1, -0.05) is 0 Å². The van der Waals surface area contributed by atoms with Crippen molar-refractivity contribution in [2.75, 3.05) is 6.54 Å². The third kappa shape index (κ3) is 3.96. The summed E-state index contributed by atoms with van der Waals surface area (Å²) in [5.41, 5.74) is 6.39. The monoisotopic (exact) mass is 180 g/mol. The molecule has 4 heteroatoms. The second kappa shape index (κ2) is 5.61. The van der Waals surface area contributed by atoms with Crippen molar-refractivity contribution >= 4 is 0 Å². The summed E-state index contributed by atoms with van der Waals surface area (Å²) in [6, 6.07) is 0.437. The predicted octanol–water partition coefficient (Wildman–Crippen LogP) is 0.303. The lowest BCUT2D eigenvalue weighted by atomic mass is 10.2. The molecule has 0 aliphatic heterocycles. The molecule has 1 unspecified atom stereocenters. The Labute approximate surface area is 78.6 Å². The van der Waals surface area contributed by atoms with Gasteiger partial charge in [-0.2, -0.15) is 0 Å². The molecule has 0 spiro atoms. The van der Waals surface area contributed by atoms with Crippen molar-refractivity contribution in [1.29, 1.82) is 0 Å². The minimum atomic E-state index is 0.437. The van der Waals surface area contributed by atoms with Crippen LogP contribution in [0.25, 0.3) is 0 Å². The molecule has 1 aromatic heterocycles. The number of rotatable bonds is 5. The first-order valence-electron chi connectivity index (χ1n) is 4.51. The minimum absolute atomic E-state index is 0.437. The summed E-state index contributed by atoms with van der Waals surface area (Å²) >= 11 is 0. The SMILES string of the molecule is CC(CCN)NCc1cnccn1. The van der Waals surface area contributed by atoms with Gasteiger partial charge >= 0.3 is 0 Å². The zero-order valence-electron chi connectivity index (χ0n) is 7.90. The van der Waals surface area contributed by atoms with Gasteiger partial charge in [0.2, 0.25) is 0 Å². The van der Waals surface area contributed by atoms with Gasteiger partial charge in [0.1, 0.15) is 0 Å². The van der Waals surface area contributed by atoms with Gasteiger partial charge in [0.15, 0.2) is 0 Å². The van der Waals surface area contributed by atoms with Crippen LogP contribution in [0.4, 0.5) is 0 Å². The highest BCUT2D eigenvalue weighted by molar-refractivity contribution is 4.93. The number of aromatic nitrogens is 2. The minimum Gasteiger partial charge on any atom is -0.330 e. The van der Waals surface area contributed by atoms with Crippen molar-refractivity contribution in [1.82, 2.24) is 15.3 Å². The predicted molar refractivity (Wildman–Crippen MR) is 52.0 cm³/mol. The molecular weight excluding hydrogens is 164 g/mol. The van der Waals surface area contributed by atoms with Crippen molar-refractivity contribution in [3.63, 3.8) is 0 Å². The summed E-state index contributed by atoms with van der Waals surface area (Å²) in [4.78, 5) is 8.14. The molecule has 0 saturated heterocycles. The van der Waals surface area contributed by atoms with E-state index in [1.165, 1.54) is 0 Å². The number of nitrogens with one attached hydrogen (secondary N) is 1. The van der Waals surface area contributed by atoms with Gasteiger partial charge in [0, 0.05) is 31.2 Å². The molecule has 0 amide bonds. The fourth-order valence-corrected chi connectivity index (χ4v) is 1.05. The van der Waals surface area contributed by atoms with Gasteiger partial charge in [0.25, 0.3) is 0 Å². The van der Waals surface area contributed by atoms with Crippen molar-refractivity contribution in [3.05, 3.63) is 24.3 Å². The van der Waals surface area contributed by atoms with Gasteiger partial charge < -0.3 is 11.1 Å². The van der Waals surface area contributed by atoms with Crippen LogP contribution >= 0.6 is 0 Å². The zero-order chi connectivity index (χ0) is 9.52. The average molecular weight is 180 g/mol. The molecule has 0 aromatic carbocycles. The van der Waals surface area contributed by atoms with Crippen molar-refractivity contribution in [3.8, 4) is 0 Å². The van der Waals surface area contributed by atoms with E-state index in [4.69, 9.17) is 5.73 Å². The Bertz CT molecular complexity index is 224. The van der Waals surface area contributed by atoms with Crippen LogP contribution in [0.2, 0.25) is 0 Å². The van der Waals surface area contributed by atoms with Crippen LogP contribution in [-0.4, -0.2) is 22.6 Å². The molecule has 1 aromatic rings. The first kappa shape index (κ1) is 10.1. The molecule has 1 atom stereocenters. The Hall–Kier alpha value is -1.00. The topological polar surface area (TPSA) is 63.8 Å². The lowest BCUT2D eigenvalue weighted by Gasteiger charge is -2.11. The van der Waals surface area contributed by atoms with Gasteiger partial charge in [-0.25, -0.2) is 0 Å².